The van der Waals surface area contributed by atoms with Crippen LogP contribution in [0.15, 0.2) is 217 Å². The molecule has 0 fully saturated rings. The summed E-state index contributed by atoms with van der Waals surface area (Å²) >= 11 is 0. The summed E-state index contributed by atoms with van der Waals surface area (Å²) in [5, 5.41) is 4.59. The van der Waals surface area contributed by atoms with E-state index in [-0.39, 0.29) is 5.41 Å². The number of nitrogens with zero attached hydrogens (tertiary/aromatic N) is 1. The van der Waals surface area contributed by atoms with Crippen LogP contribution in [0.5, 0.6) is 0 Å². The molecule has 2 heteroatoms. The second-order valence-electron chi connectivity index (χ2n) is 18.4. The summed E-state index contributed by atoms with van der Waals surface area (Å²) in [5.74, 6) is 0. The number of anilines is 3. The van der Waals surface area contributed by atoms with E-state index < -0.39 is 5.41 Å². The van der Waals surface area contributed by atoms with Crippen molar-refractivity contribution in [2.45, 2.75) is 24.7 Å². The van der Waals surface area contributed by atoms with Crippen LogP contribution in [-0.2, 0) is 10.8 Å². The predicted molar refractivity (Wildman–Crippen MR) is 265 cm³/mol. The fourth-order valence-corrected chi connectivity index (χ4v) is 12.1. The molecule has 2 nitrogen and oxygen atoms in total. The second kappa shape index (κ2) is 12.8. The van der Waals surface area contributed by atoms with Crippen molar-refractivity contribution in [3.63, 3.8) is 0 Å². The van der Waals surface area contributed by atoms with Crippen molar-refractivity contribution in [1.29, 1.82) is 0 Å². The van der Waals surface area contributed by atoms with E-state index in [2.05, 4.69) is 231 Å². The minimum atomic E-state index is -0.478. The minimum absolute atomic E-state index is 0.180. The van der Waals surface area contributed by atoms with Crippen molar-refractivity contribution in [2.75, 3.05) is 4.90 Å². The molecular formula is C62H41NO. The third kappa shape index (κ3) is 4.59. The topological polar surface area (TPSA) is 16.4 Å². The summed E-state index contributed by atoms with van der Waals surface area (Å²) in [7, 11) is 0. The fraction of sp³-hybridized carbons (Fsp3) is 0.0645. The van der Waals surface area contributed by atoms with E-state index in [0.717, 1.165) is 55.5 Å². The van der Waals surface area contributed by atoms with Gasteiger partial charge in [-0.15, -0.1) is 0 Å². The highest BCUT2D eigenvalue weighted by Gasteiger charge is 2.51. The van der Waals surface area contributed by atoms with Gasteiger partial charge in [-0.3, -0.25) is 0 Å². The maximum atomic E-state index is 7.25. The molecular weight excluding hydrogens is 775 g/mol. The quantitative estimate of drug-likeness (QED) is 0.176. The minimum Gasteiger partial charge on any atom is -0.454 e. The first-order chi connectivity index (χ1) is 31.5. The molecule has 14 rings (SSSR count). The third-order valence-corrected chi connectivity index (χ3v) is 14.9. The zero-order valence-electron chi connectivity index (χ0n) is 35.6. The highest BCUT2D eigenvalue weighted by atomic mass is 16.3. The Hall–Kier alpha value is -7.94. The van der Waals surface area contributed by atoms with E-state index in [9.17, 15) is 0 Å². The molecule has 0 bridgehead atoms. The van der Waals surface area contributed by atoms with Crippen molar-refractivity contribution in [3.8, 4) is 44.5 Å². The molecule has 1 aromatic heterocycles. The van der Waals surface area contributed by atoms with E-state index >= 15 is 0 Å². The lowest BCUT2D eigenvalue weighted by molar-refractivity contribution is 0.660. The molecule has 11 aromatic rings. The molecule has 10 aromatic carbocycles. The second-order valence-corrected chi connectivity index (χ2v) is 18.4. The van der Waals surface area contributed by atoms with Crippen molar-refractivity contribution < 1.29 is 4.42 Å². The van der Waals surface area contributed by atoms with Crippen LogP contribution in [0.4, 0.5) is 17.1 Å². The van der Waals surface area contributed by atoms with Gasteiger partial charge >= 0.3 is 0 Å². The van der Waals surface area contributed by atoms with Crippen LogP contribution in [0.2, 0.25) is 0 Å². The average molecular weight is 816 g/mol. The molecule has 0 saturated carbocycles. The highest BCUT2D eigenvalue weighted by molar-refractivity contribution is 6.19. The molecule has 0 aliphatic heterocycles. The van der Waals surface area contributed by atoms with Gasteiger partial charge in [0.2, 0.25) is 0 Å². The maximum absolute atomic E-state index is 7.25. The molecule has 0 unspecified atom stereocenters. The van der Waals surface area contributed by atoms with Crippen molar-refractivity contribution >= 4 is 49.8 Å². The van der Waals surface area contributed by atoms with E-state index in [1.807, 2.05) is 0 Å². The summed E-state index contributed by atoms with van der Waals surface area (Å²) in [6.45, 7) is 4.74. The molecule has 0 atom stereocenters. The Labute approximate surface area is 372 Å². The fourth-order valence-electron chi connectivity index (χ4n) is 12.1. The molecule has 1 spiro atoms. The third-order valence-electron chi connectivity index (χ3n) is 14.9. The van der Waals surface area contributed by atoms with Gasteiger partial charge in [0.25, 0.3) is 0 Å². The first kappa shape index (κ1) is 35.6. The number of rotatable bonds is 4. The van der Waals surface area contributed by atoms with Gasteiger partial charge in [-0.25, -0.2) is 0 Å². The van der Waals surface area contributed by atoms with Crippen LogP contribution in [-0.4, -0.2) is 0 Å². The van der Waals surface area contributed by atoms with Gasteiger partial charge in [0.05, 0.1) is 11.1 Å². The number of furan rings is 1. The lowest BCUT2D eigenvalue weighted by atomic mass is 9.70. The van der Waals surface area contributed by atoms with Crippen LogP contribution < -0.4 is 4.90 Å². The summed E-state index contributed by atoms with van der Waals surface area (Å²) < 4.78 is 7.25. The van der Waals surface area contributed by atoms with Crippen molar-refractivity contribution in [1.82, 2.24) is 0 Å². The van der Waals surface area contributed by atoms with E-state index in [4.69, 9.17) is 4.42 Å². The normalized spacial score (nSPS) is 14.3. The summed E-state index contributed by atoms with van der Waals surface area (Å²) in [6, 6.07) is 78.9. The first-order valence-corrected chi connectivity index (χ1v) is 22.4. The molecule has 0 amide bonds. The van der Waals surface area contributed by atoms with Crippen LogP contribution in [0.3, 0.4) is 0 Å². The monoisotopic (exact) mass is 815 g/mol. The molecule has 1 heterocycles. The molecule has 64 heavy (non-hydrogen) atoms. The maximum Gasteiger partial charge on any atom is 0.160 e. The van der Waals surface area contributed by atoms with Gasteiger partial charge in [0.15, 0.2) is 5.58 Å². The van der Waals surface area contributed by atoms with Gasteiger partial charge < -0.3 is 9.32 Å². The molecule has 3 aliphatic rings. The van der Waals surface area contributed by atoms with Gasteiger partial charge in [-0.2, -0.15) is 0 Å². The standard InChI is InChI=1S/C62H41NO/c1-61(2)51-24-12-8-20-44(51)48-30-28-41(36-55(48)61)63(57-33-32-43(38-16-4-3-5-17-38)59-50-34-39-18-6-7-19-40(39)35-58(50)64-60(57)59)42-29-31-49-47-23-11-15-27-54(47)62(56(49)37-42)52-25-13-9-21-45(52)46-22-10-14-26-53(46)62/h3-37H,1-2H3. The zero-order valence-corrected chi connectivity index (χ0v) is 35.6. The Morgan fingerprint density at radius 2 is 0.844 bits per heavy atom. The van der Waals surface area contributed by atoms with Crippen LogP contribution in [0.1, 0.15) is 47.2 Å². The van der Waals surface area contributed by atoms with E-state index in [1.54, 1.807) is 0 Å². The molecule has 0 N–H and O–H groups in total. The lowest BCUT2D eigenvalue weighted by Crippen LogP contribution is -2.26. The molecule has 0 saturated heterocycles. The Balaban J connectivity index is 1.08. The Bertz CT molecular complexity index is 3710. The van der Waals surface area contributed by atoms with E-state index in [0.29, 0.717) is 0 Å². The van der Waals surface area contributed by atoms with Crippen molar-refractivity contribution in [2.24, 2.45) is 0 Å². The summed E-state index contributed by atoms with van der Waals surface area (Å²) in [6.07, 6.45) is 0. The largest absolute Gasteiger partial charge is 0.454 e. The summed E-state index contributed by atoms with van der Waals surface area (Å²) in [5.41, 5.74) is 22.4. The van der Waals surface area contributed by atoms with Gasteiger partial charge in [-0.1, -0.05) is 184 Å². The number of hydrogen-bond donors (Lipinski definition) is 0. The number of fused-ring (bicyclic) bond motifs is 17. The molecule has 3 aliphatic carbocycles. The SMILES string of the molecule is CC1(C)c2ccccc2-c2ccc(N(c3ccc4c(c3)C3(c5ccccc5-c5ccccc53)c3ccccc3-4)c3ccc(-c4ccccc4)c4c3oc3cc5ccccc5cc34)cc21. The lowest BCUT2D eigenvalue weighted by Gasteiger charge is -2.32. The Morgan fingerprint density at radius 3 is 1.47 bits per heavy atom. The van der Waals surface area contributed by atoms with Crippen LogP contribution in [0, 0.1) is 0 Å². The number of benzene rings is 10. The van der Waals surface area contributed by atoms with Crippen LogP contribution in [0.25, 0.3) is 77.2 Å². The van der Waals surface area contributed by atoms with E-state index in [1.165, 1.54) is 72.1 Å². The van der Waals surface area contributed by atoms with Gasteiger partial charge in [-0.05, 0) is 131 Å². The first-order valence-electron chi connectivity index (χ1n) is 22.4. The molecule has 0 radical (unpaired) electrons. The predicted octanol–water partition coefficient (Wildman–Crippen LogP) is 16.5. The van der Waals surface area contributed by atoms with Gasteiger partial charge in [0, 0.05) is 27.6 Å². The molecule has 300 valence electrons. The highest BCUT2D eigenvalue weighted by Crippen LogP contribution is 2.63. The Morgan fingerprint density at radius 1 is 0.375 bits per heavy atom. The average Bonchev–Trinajstić information content (AvgIpc) is 4.03. The summed E-state index contributed by atoms with van der Waals surface area (Å²) in [4.78, 5) is 2.47. The Kier molecular flexibility index (Phi) is 7.13. The zero-order chi connectivity index (χ0) is 42.3. The smallest absolute Gasteiger partial charge is 0.160 e. The van der Waals surface area contributed by atoms with Crippen molar-refractivity contribution in [3.05, 3.63) is 246 Å². The van der Waals surface area contributed by atoms with Gasteiger partial charge in [0.1, 0.15) is 5.58 Å². The number of hydrogen-bond acceptors (Lipinski definition) is 2. The van der Waals surface area contributed by atoms with Crippen LogP contribution >= 0.6 is 0 Å².